The molecule has 0 saturated heterocycles. The van der Waals surface area contributed by atoms with Crippen molar-refractivity contribution >= 4 is 11.4 Å². The van der Waals surface area contributed by atoms with E-state index >= 15 is 0 Å². The maximum Gasteiger partial charge on any atom is 0.273 e. The van der Waals surface area contributed by atoms with Crippen LogP contribution in [0, 0.1) is 21.6 Å². The van der Waals surface area contributed by atoms with Gasteiger partial charge in [-0.25, -0.2) is 0 Å². The first-order valence-electron chi connectivity index (χ1n) is 3.66. The summed E-state index contributed by atoms with van der Waals surface area (Å²) in [6.07, 6.45) is 1.71. The zero-order valence-electron chi connectivity index (χ0n) is 7.35. The monoisotopic (exact) mass is 193 g/mol. The van der Waals surface area contributed by atoms with Crippen LogP contribution in [-0.4, -0.2) is 12.0 Å². The van der Waals surface area contributed by atoms with Gasteiger partial charge in [-0.1, -0.05) is 0 Å². The van der Waals surface area contributed by atoms with Crippen LogP contribution in [0.3, 0.4) is 0 Å². The summed E-state index contributed by atoms with van der Waals surface area (Å²) in [5, 5.41) is 21.1. The van der Waals surface area contributed by atoms with E-state index in [0.717, 1.165) is 0 Å². The molecule has 0 aliphatic heterocycles. The van der Waals surface area contributed by atoms with Gasteiger partial charge in [-0.3, -0.25) is 15.4 Å². The molecule has 0 atom stereocenters. The number of methoxy groups -OCH3 is 1. The summed E-state index contributed by atoms with van der Waals surface area (Å²) in [5.74, 6) is 0.265. The fourth-order valence-electron chi connectivity index (χ4n) is 0.957. The van der Waals surface area contributed by atoms with E-state index in [0.29, 0.717) is 5.69 Å². The molecule has 0 aliphatic carbocycles. The fourth-order valence-corrected chi connectivity index (χ4v) is 0.957. The summed E-state index contributed by atoms with van der Waals surface area (Å²) in [5.41, 5.74) is 0.325. The van der Waals surface area contributed by atoms with Crippen LogP contribution in [0.2, 0.25) is 0 Å². The van der Waals surface area contributed by atoms with Crippen molar-refractivity contribution in [3.05, 3.63) is 28.3 Å². The van der Waals surface area contributed by atoms with Gasteiger partial charge in [0.1, 0.15) is 5.75 Å². The second kappa shape index (κ2) is 4.09. The molecule has 0 heterocycles. The van der Waals surface area contributed by atoms with E-state index < -0.39 is 4.92 Å². The molecule has 1 rings (SSSR count). The maximum absolute atomic E-state index is 10.4. The van der Waals surface area contributed by atoms with Crippen molar-refractivity contribution in [2.45, 2.75) is 0 Å². The summed E-state index contributed by atoms with van der Waals surface area (Å²) in [7, 11) is 1.38. The van der Waals surface area contributed by atoms with E-state index in [1.807, 2.05) is 0 Å². The number of nitro benzene ring substituents is 1. The predicted octanol–water partition coefficient (Wildman–Crippen LogP) is 1.50. The van der Waals surface area contributed by atoms with Crippen LogP contribution < -0.4 is 10.1 Å². The lowest BCUT2D eigenvalue weighted by atomic mass is 10.2. The molecule has 1 aromatic rings. The molecule has 0 aromatic heterocycles. The number of ether oxygens (including phenoxy) is 1. The molecule has 0 radical (unpaired) electrons. The first-order valence-corrected chi connectivity index (χ1v) is 3.66. The molecule has 0 fully saturated rings. The van der Waals surface area contributed by atoms with E-state index in [4.69, 9.17) is 10.00 Å². The topological polar surface area (TPSA) is 88.2 Å². The fraction of sp³-hybridized carbons (Fsp3) is 0.125. The Labute approximate surface area is 79.9 Å². The minimum atomic E-state index is -0.529. The molecule has 14 heavy (non-hydrogen) atoms. The van der Waals surface area contributed by atoms with Gasteiger partial charge in [0.2, 0.25) is 0 Å². The highest BCUT2D eigenvalue weighted by Gasteiger charge is 2.10. The van der Waals surface area contributed by atoms with Gasteiger partial charge in [0.25, 0.3) is 5.69 Å². The number of rotatable bonds is 3. The molecule has 0 spiro atoms. The lowest BCUT2D eigenvalue weighted by Crippen LogP contribution is -1.95. The van der Waals surface area contributed by atoms with E-state index in [2.05, 4.69) is 5.32 Å². The average molecular weight is 193 g/mol. The summed E-state index contributed by atoms with van der Waals surface area (Å²) < 4.78 is 4.87. The zero-order chi connectivity index (χ0) is 10.6. The van der Waals surface area contributed by atoms with Gasteiger partial charge in [-0.05, 0) is 6.07 Å². The van der Waals surface area contributed by atoms with E-state index in [9.17, 15) is 10.1 Å². The normalized spacial score (nSPS) is 8.86. The minimum Gasteiger partial charge on any atom is -0.494 e. The van der Waals surface area contributed by atoms with Gasteiger partial charge in [0.15, 0.2) is 6.19 Å². The maximum atomic E-state index is 10.4. The third-order valence-electron chi connectivity index (χ3n) is 1.59. The Morgan fingerprint density at radius 2 is 2.36 bits per heavy atom. The highest BCUT2D eigenvalue weighted by Crippen LogP contribution is 2.28. The molecular weight excluding hydrogens is 186 g/mol. The Balaban J connectivity index is 3.12. The van der Waals surface area contributed by atoms with Crippen molar-refractivity contribution in [1.82, 2.24) is 0 Å². The largest absolute Gasteiger partial charge is 0.494 e. The van der Waals surface area contributed by atoms with Crippen LogP contribution in [0.25, 0.3) is 0 Å². The number of nitriles is 1. The number of hydrogen-bond donors (Lipinski definition) is 1. The van der Waals surface area contributed by atoms with Crippen molar-refractivity contribution in [2.75, 3.05) is 12.4 Å². The Kier molecular flexibility index (Phi) is 2.86. The molecule has 0 amide bonds. The highest BCUT2D eigenvalue weighted by atomic mass is 16.6. The lowest BCUT2D eigenvalue weighted by Gasteiger charge is -2.04. The Morgan fingerprint density at radius 3 is 2.86 bits per heavy atom. The molecule has 6 heteroatoms. The van der Waals surface area contributed by atoms with Gasteiger partial charge >= 0.3 is 0 Å². The number of non-ortho nitro benzene ring substituents is 1. The summed E-state index contributed by atoms with van der Waals surface area (Å²) in [6.45, 7) is 0. The van der Waals surface area contributed by atoms with Gasteiger partial charge in [-0.2, -0.15) is 5.26 Å². The standard InChI is InChI=1S/C8H7N3O3/c1-14-8-4-6(11(12)13)2-3-7(8)10-5-9/h2-4,10H,1H3. The van der Waals surface area contributed by atoms with E-state index in [1.165, 1.54) is 25.3 Å². The number of nitrogens with zero attached hydrogens (tertiary/aromatic N) is 2. The SMILES string of the molecule is COc1cc([N+](=O)[O-])ccc1NC#N. The molecule has 0 aliphatic rings. The van der Waals surface area contributed by atoms with Gasteiger partial charge in [0.05, 0.1) is 23.8 Å². The summed E-state index contributed by atoms with van der Waals surface area (Å²) >= 11 is 0. The molecule has 0 unspecified atom stereocenters. The highest BCUT2D eigenvalue weighted by molar-refractivity contribution is 5.62. The van der Waals surface area contributed by atoms with Crippen molar-refractivity contribution in [3.8, 4) is 11.9 Å². The van der Waals surface area contributed by atoms with Gasteiger partial charge < -0.3 is 4.74 Å². The van der Waals surface area contributed by atoms with Gasteiger partial charge in [-0.15, -0.1) is 0 Å². The average Bonchev–Trinajstić information content (AvgIpc) is 2.18. The lowest BCUT2D eigenvalue weighted by molar-refractivity contribution is -0.384. The van der Waals surface area contributed by atoms with E-state index in [-0.39, 0.29) is 11.4 Å². The van der Waals surface area contributed by atoms with Crippen LogP contribution in [0.5, 0.6) is 5.75 Å². The summed E-state index contributed by atoms with van der Waals surface area (Å²) in [6, 6.07) is 3.96. The quantitative estimate of drug-likeness (QED) is 0.340. The number of hydrogen-bond acceptors (Lipinski definition) is 5. The molecule has 6 nitrogen and oxygen atoms in total. The van der Waals surface area contributed by atoms with Crippen molar-refractivity contribution in [2.24, 2.45) is 0 Å². The number of nitro groups is 1. The van der Waals surface area contributed by atoms with E-state index in [1.54, 1.807) is 6.19 Å². The van der Waals surface area contributed by atoms with Crippen LogP contribution >= 0.6 is 0 Å². The molecule has 0 saturated carbocycles. The number of nitrogens with one attached hydrogen (secondary N) is 1. The number of benzene rings is 1. The predicted molar refractivity (Wildman–Crippen MR) is 48.9 cm³/mol. The van der Waals surface area contributed by atoms with Crippen LogP contribution in [0.4, 0.5) is 11.4 Å². The van der Waals surface area contributed by atoms with Crippen LogP contribution in [0.15, 0.2) is 18.2 Å². The van der Waals surface area contributed by atoms with Crippen molar-refractivity contribution in [3.63, 3.8) is 0 Å². The molecule has 0 bridgehead atoms. The third-order valence-corrected chi connectivity index (χ3v) is 1.59. The first kappa shape index (κ1) is 9.80. The Morgan fingerprint density at radius 1 is 1.64 bits per heavy atom. The molecule has 72 valence electrons. The second-order valence-electron chi connectivity index (χ2n) is 2.38. The first-order chi connectivity index (χ1) is 6.69. The van der Waals surface area contributed by atoms with Gasteiger partial charge in [0, 0.05) is 6.07 Å². The Bertz CT molecular complexity index is 397. The molecular formula is C8H7N3O3. The smallest absolute Gasteiger partial charge is 0.273 e. The molecule has 1 N–H and O–H groups in total. The minimum absolute atomic E-state index is 0.0784. The second-order valence-corrected chi connectivity index (χ2v) is 2.38. The van der Waals surface area contributed by atoms with Crippen LogP contribution in [-0.2, 0) is 0 Å². The number of anilines is 1. The third kappa shape index (κ3) is 1.90. The van der Waals surface area contributed by atoms with Crippen molar-refractivity contribution < 1.29 is 9.66 Å². The molecule has 1 aromatic carbocycles. The van der Waals surface area contributed by atoms with Crippen molar-refractivity contribution in [1.29, 1.82) is 5.26 Å². The Hall–Kier alpha value is -2.29. The zero-order valence-corrected chi connectivity index (χ0v) is 7.35. The summed E-state index contributed by atoms with van der Waals surface area (Å²) in [4.78, 5) is 9.87. The van der Waals surface area contributed by atoms with Crippen LogP contribution in [0.1, 0.15) is 0 Å².